The van der Waals surface area contributed by atoms with Crippen molar-refractivity contribution in [1.29, 1.82) is 0 Å². The predicted molar refractivity (Wildman–Crippen MR) is 86.5 cm³/mol. The summed E-state index contributed by atoms with van der Waals surface area (Å²) in [4.78, 5) is 0. The number of alkyl halides is 1. The monoisotopic (exact) mass is 346 g/mol. The van der Waals surface area contributed by atoms with Crippen molar-refractivity contribution in [2.45, 2.75) is 19.2 Å². The number of hydrogen-bond acceptors (Lipinski definition) is 1. The van der Waals surface area contributed by atoms with Crippen LogP contribution in [0.5, 0.6) is 5.75 Å². The molecule has 0 spiro atoms. The van der Waals surface area contributed by atoms with Gasteiger partial charge in [0.05, 0.1) is 17.0 Å². The van der Waals surface area contributed by atoms with Gasteiger partial charge in [-0.05, 0) is 48.7 Å². The van der Waals surface area contributed by atoms with E-state index in [2.05, 4.69) is 0 Å². The number of benzene rings is 2. The molecule has 0 aliphatic heterocycles. The minimum absolute atomic E-state index is 0.295. The number of rotatable bonds is 4. The number of hydrogen-bond donors (Lipinski definition) is 0. The van der Waals surface area contributed by atoms with Gasteiger partial charge in [0.2, 0.25) is 0 Å². The second kappa shape index (κ2) is 6.87. The fraction of sp³-hybridized carbons (Fsp3) is 0.250. The van der Waals surface area contributed by atoms with Crippen LogP contribution in [0.3, 0.4) is 0 Å². The molecule has 1 atom stereocenters. The molecule has 0 fully saturated rings. The zero-order valence-electron chi connectivity index (χ0n) is 11.6. The lowest BCUT2D eigenvalue weighted by molar-refractivity contribution is 0.340. The second-order valence-electron chi connectivity index (χ2n) is 4.60. The number of aryl methyl sites for hydroxylation is 1. The van der Waals surface area contributed by atoms with Crippen LogP contribution in [0, 0.1) is 12.7 Å². The zero-order chi connectivity index (χ0) is 15.6. The first kappa shape index (κ1) is 16.4. The maximum Gasteiger partial charge on any atom is 0.139 e. The molecule has 2 rings (SSSR count). The molecule has 0 aliphatic rings. The molecule has 0 aromatic heterocycles. The Kier molecular flexibility index (Phi) is 5.37. The minimum atomic E-state index is -0.508. The topological polar surface area (TPSA) is 9.23 Å². The highest BCUT2D eigenvalue weighted by Crippen LogP contribution is 2.40. The Morgan fingerprint density at radius 2 is 1.81 bits per heavy atom. The van der Waals surface area contributed by atoms with Crippen molar-refractivity contribution in [3.05, 3.63) is 62.9 Å². The van der Waals surface area contributed by atoms with Gasteiger partial charge in [-0.25, -0.2) is 4.39 Å². The molecule has 0 saturated heterocycles. The van der Waals surface area contributed by atoms with E-state index in [0.29, 0.717) is 28.0 Å². The molecule has 2 aromatic rings. The smallest absolute Gasteiger partial charge is 0.139 e. The van der Waals surface area contributed by atoms with Gasteiger partial charge in [0.25, 0.3) is 0 Å². The van der Waals surface area contributed by atoms with Crippen LogP contribution < -0.4 is 4.74 Å². The molecule has 0 bridgehead atoms. The highest BCUT2D eigenvalue weighted by Gasteiger charge is 2.19. The molecule has 0 radical (unpaired) electrons. The van der Waals surface area contributed by atoms with Crippen molar-refractivity contribution in [3.8, 4) is 5.75 Å². The van der Waals surface area contributed by atoms with Crippen molar-refractivity contribution in [1.82, 2.24) is 0 Å². The maximum absolute atomic E-state index is 13.2. The summed E-state index contributed by atoms with van der Waals surface area (Å²) in [5.74, 6) is 0.226. The van der Waals surface area contributed by atoms with Gasteiger partial charge in [-0.1, -0.05) is 29.3 Å². The first-order chi connectivity index (χ1) is 9.93. The largest absolute Gasteiger partial charge is 0.492 e. The Hall–Kier alpha value is -0.960. The van der Waals surface area contributed by atoms with E-state index in [0.717, 1.165) is 11.1 Å². The van der Waals surface area contributed by atoms with E-state index in [1.807, 2.05) is 6.92 Å². The fourth-order valence-corrected chi connectivity index (χ4v) is 3.07. The van der Waals surface area contributed by atoms with Crippen LogP contribution in [-0.2, 0) is 0 Å². The summed E-state index contributed by atoms with van der Waals surface area (Å²) in [5, 5.41) is 0.402. The van der Waals surface area contributed by atoms with E-state index in [4.69, 9.17) is 39.5 Å². The van der Waals surface area contributed by atoms with E-state index in [1.165, 1.54) is 12.1 Å². The Morgan fingerprint density at radius 1 is 1.10 bits per heavy atom. The predicted octanol–water partition coefficient (Wildman–Crippen LogP) is 6.17. The first-order valence-electron chi connectivity index (χ1n) is 6.46. The molecule has 0 N–H and O–H groups in total. The van der Waals surface area contributed by atoms with Crippen molar-refractivity contribution in [2.75, 3.05) is 6.61 Å². The van der Waals surface area contributed by atoms with E-state index in [1.54, 1.807) is 25.1 Å². The van der Waals surface area contributed by atoms with E-state index in [-0.39, 0.29) is 5.82 Å². The molecule has 0 heterocycles. The van der Waals surface area contributed by atoms with Crippen LogP contribution >= 0.6 is 34.8 Å². The highest BCUT2D eigenvalue weighted by molar-refractivity contribution is 6.36. The normalized spacial score (nSPS) is 12.3. The van der Waals surface area contributed by atoms with Crippen LogP contribution in [0.2, 0.25) is 10.0 Å². The van der Waals surface area contributed by atoms with E-state index < -0.39 is 5.38 Å². The van der Waals surface area contributed by atoms with Gasteiger partial charge in [-0.3, -0.25) is 0 Å². The third kappa shape index (κ3) is 3.63. The molecule has 0 amide bonds. The zero-order valence-corrected chi connectivity index (χ0v) is 13.9. The van der Waals surface area contributed by atoms with Crippen molar-refractivity contribution in [3.63, 3.8) is 0 Å². The lowest BCUT2D eigenvalue weighted by atomic mass is 9.99. The summed E-state index contributed by atoms with van der Waals surface area (Å²) < 4.78 is 18.6. The van der Waals surface area contributed by atoms with Crippen LogP contribution in [-0.4, -0.2) is 6.61 Å². The van der Waals surface area contributed by atoms with Gasteiger partial charge >= 0.3 is 0 Å². The standard InChI is InChI=1S/C16H14Cl3FO/c1-3-21-15-8-13(17)12(7-14(15)18)16(19)11-5-4-10(20)6-9(11)2/h4-8,16H,3H2,1-2H3. The van der Waals surface area contributed by atoms with E-state index in [9.17, 15) is 4.39 Å². The van der Waals surface area contributed by atoms with Gasteiger partial charge in [-0.2, -0.15) is 0 Å². The molecule has 1 unspecified atom stereocenters. The van der Waals surface area contributed by atoms with Gasteiger partial charge in [0, 0.05) is 11.1 Å². The average Bonchev–Trinajstić information content (AvgIpc) is 2.42. The molecule has 1 nitrogen and oxygen atoms in total. The summed E-state index contributed by atoms with van der Waals surface area (Å²) >= 11 is 18.9. The minimum Gasteiger partial charge on any atom is -0.492 e. The van der Waals surface area contributed by atoms with Crippen LogP contribution in [0.25, 0.3) is 0 Å². The maximum atomic E-state index is 13.2. The highest BCUT2D eigenvalue weighted by atomic mass is 35.5. The Bertz CT molecular complexity index is 658. The SMILES string of the molecule is CCOc1cc(Cl)c(C(Cl)c2ccc(F)cc2C)cc1Cl. The van der Waals surface area contributed by atoms with E-state index >= 15 is 0 Å². The molecular formula is C16H14Cl3FO. The summed E-state index contributed by atoms with van der Waals surface area (Å²) in [6.07, 6.45) is 0. The molecule has 5 heteroatoms. The molecular weight excluding hydrogens is 334 g/mol. The molecule has 21 heavy (non-hydrogen) atoms. The third-order valence-electron chi connectivity index (χ3n) is 3.13. The van der Waals surface area contributed by atoms with Gasteiger partial charge < -0.3 is 4.74 Å². The Morgan fingerprint density at radius 3 is 2.43 bits per heavy atom. The van der Waals surface area contributed by atoms with Crippen molar-refractivity contribution >= 4 is 34.8 Å². The Balaban J connectivity index is 2.43. The molecule has 112 valence electrons. The number of halogens is 4. The van der Waals surface area contributed by atoms with Gasteiger partial charge in [-0.15, -0.1) is 11.6 Å². The lowest BCUT2D eigenvalue weighted by Gasteiger charge is -2.16. The Labute approximate surface area is 138 Å². The summed E-state index contributed by atoms with van der Waals surface area (Å²) in [7, 11) is 0. The van der Waals surface area contributed by atoms with Crippen molar-refractivity contribution < 1.29 is 9.13 Å². The average molecular weight is 348 g/mol. The van der Waals surface area contributed by atoms with Crippen LogP contribution in [0.1, 0.15) is 29.0 Å². The first-order valence-corrected chi connectivity index (χ1v) is 7.65. The summed E-state index contributed by atoms with van der Waals surface area (Å²) in [6, 6.07) is 7.81. The molecule has 0 aliphatic carbocycles. The summed E-state index contributed by atoms with van der Waals surface area (Å²) in [6.45, 7) is 4.17. The van der Waals surface area contributed by atoms with Crippen LogP contribution in [0.4, 0.5) is 4.39 Å². The molecule has 0 saturated carbocycles. The lowest BCUT2D eigenvalue weighted by Crippen LogP contribution is -2.00. The van der Waals surface area contributed by atoms with Crippen molar-refractivity contribution in [2.24, 2.45) is 0 Å². The second-order valence-corrected chi connectivity index (χ2v) is 5.85. The third-order valence-corrected chi connectivity index (χ3v) is 4.22. The number of ether oxygens (including phenoxy) is 1. The fourth-order valence-electron chi connectivity index (χ4n) is 2.10. The van der Waals surface area contributed by atoms with Gasteiger partial charge in [0.15, 0.2) is 0 Å². The van der Waals surface area contributed by atoms with Crippen LogP contribution in [0.15, 0.2) is 30.3 Å². The summed E-state index contributed by atoms with van der Waals surface area (Å²) in [5.41, 5.74) is 2.22. The van der Waals surface area contributed by atoms with Gasteiger partial charge in [0.1, 0.15) is 11.6 Å². The molecule has 2 aromatic carbocycles. The quantitative estimate of drug-likeness (QED) is 0.601.